The summed E-state index contributed by atoms with van der Waals surface area (Å²) >= 11 is 7.45. The molecule has 0 amide bonds. The molecule has 2 aromatic carbocycles. The van der Waals surface area contributed by atoms with E-state index in [4.69, 9.17) is 22.3 Å². The number of benzene rings is 2. The molecule has 0 bridgehead atoms. The summed E-state index contributed by atoms with van der Waals surface area (Å²) in [6.45, 7) is 3.84. The van der Waals surface area contributed by atoms with Crippen LogP contribution in [0.25, 0.3) is 0 Å². The molecule has 1 fully saturated rings. The van der Waals surface area contributed by atoms with Crippen molar-refractivity contribution in [2.24, 2.45) is 10.7 Å². The molecular formula is C25H24ClN5OS. The van der Waals surface area contributed by atoms with Crippen LogP contribution in [0.15, 0.2) is 81.8 Å². The first-order valence-electron chi connectivity index (χ1n) is 10.7. The Morgan fingerprint density at radius 2 is 1.97 bits per heavy atom. The SMILES string of the molecule is CC=CC(N)=Nc1cc(N2CCC2)nc(Sc2ccc(CC(=O)c3cccc(Cl)c3)cc2)n1. The van der Waals surface area contributed by atoms with Gasteiger partial charge < -0.3 is 10.6 Å². The molecule has 6 nitrogen and oxygen atoms in total. The summed E-state index contributed by atoms with van der Waals surface area (Å²) in [6, 6.07) is 16.7. The summed E-state index contributed by atoms with van der Waals surface area (Å²) in [5.74, 6) is 1.82. The van der Waals surface area contributed by atoms with Gasteiger partial charge in [0.05, 0.1) is 0 Å². The first kappa shape index (κ1) is 23.0. The zero-order valence-electron chi connectivity index (χ0n) is 18.2. The van der Waals surface area contributed by atoms with Crippen molar-refractivity contribution >= 4 is 46.6 Å². The van der Waals surface area contributed by atoms with E-state index < -0.39 is 0 Å². The molecule has 0 unspecified atom stereocenters. The van der Waals surface area contributed by atoms with Gasteiger partial charge in [-0.05, 0) is 61.0 Å². The van der Waals surface area contributed by atoms with E-state index in [1.165, 1.54) is 11.8 Å². The maximum atomic E-state index is 12.5. The third-order valence-electron chi connectivity index (χ3n) is 5.08. The number of carbonyl (C=O) groups is 1. The fraction of sp³-hybridized carbons (Fsp3) is 0.200. The highest BCUT2D eigenvalue weighted by molar-refractivity contribution is 7.99. The van der Waals surface area contributed by atoms with Gasteiger partial charge in [-0.1, -0.05) is 41.9 Å². The quantitative estimate of drug-likeness (QED) is 0.200. The van der Waals surface area contributed by atoms with Crippen LogP contribution < -0.4 is 10.6 Å². The predicted molar refractivity (Wildman–Crippen MR) is 135 cm³/mol. The molecule has 1 aliphatic heterocycles. The molecule has 3 aromatic rings. The molecule has 1 aromatic heterocycles. The van der Waals surface area contributed by atoms with Gasteiger partial charge in [0, 0.05) is 41.1 Å². The predicted octanol–water partition coefficient (Wildman–Crippen LogP) is 5.48. The van der Waals surface area contributed by atoms with Crippen molar-refractivity contribution < 1.29 is 4.79 Å². The molecule has 2 N–H and O–H groups in total. The van der Waals surface area contributed by atoms with Gasteiger partial charge in [-0.15, -0.1) is 0 Å². The average Bonchev–Trinajstić information content (AvgIpc) is 2.74. The highest BCUT2D eigenvalue weighted by Gasteiger charge is 2.18. The molecule has 0 spiro atoms. The van der Waals surface area contributed by atoms with Crippen LogP contribution in [0.1, 0.15) is 29.3 Å². The number of anilines is 1. The number of amidine groups is 1. The number of allylic oxidation sites excluding steroid dienone is 1. The minimum atomic E-state index is 0.0321. The summed E-state index contributed by atoms with van der Waals surface area (Å²) in [6.07, 6.45) is 5.04. The van der Waals surface area contributed by atoms with Crippen molar-refractivity contribution in [3.63, 3.8) is 0 Å². The van der Waals surface area contributed by atoms with E-state index in [0.29, 0.717) is 33.8 Å². The van der Waals surface area contributed by atoms with Crippen LogP contribution >= 0.6 is 23.4 Å². The van der Waals surface area contributed by atoms with Gasteiger partial charge in [0.25, 0.3) is 0 Å². The number of nitrogens with zero attached hydrogens (tertiary/aromatic N) is 4. The highest BCUT2D eigenvalue weighted by Crippen LogP contribution is 2.30. The van der Waals surface area contributed by atoms with E-state index in [2.05, 4.69) is 14.9 Å². The summed E-state index contributed by atoms with van der Waals surface area (Å²) in [5, 5.41) is 1.17. The molecule has 2 heterocycles. The molecule has 33 heavy (non-hydrogen) atoms. The summed E-state index contributed by atoms with van der Waals surface area (Å²) in [4.78, 5) is 29.4. The monoisotopic (exact) mass is 477 g/mol. The van der Waals surface area contributed by atoms with Gasteiger partial charge >= 0.3 is 0 Å². The molecule has 1 saturated heterocycles. The lowest BCUT2D eigenvalue weighted by Crippen LogP contribution is -2.37. The van der Waals surface area contributed by atoms with Crippen molar-refractivity contribution in [3.05, 3.63) is 82.9 Å². The van der Waals surface area contributed by atoms with Crippen LogP contribution in [0.2, 0.25) is 5.02 Å². The fourth-order valence-electron chi connectivity index (χ4n) is 3.28. The number of Topliss-reactive ketones (excluding diaryl/α,β-unsaturated/α-hetero) is 1. The molecule has 8 heteroatoms. The average molecular weight is 478 g/mol. The molecule has 0 saturated carbocycles. The lowest BCUT2D eigenvalue weighted by atomic mass is 10.0. The van der Waals surface area contributed by atoms with Gasteiger partial charge in [0.15, 0.2) is 16.8 Å². The van der Waals surface area contributed by atoms with E-state index in [0.717, 1.165) is 35.8 Å². The van der Waals surface area contributed by atoms with Gasteiger partial charge in [-0.3, -0.25) is 4.79 Å². The van der Waals surface area contributed by atoms with Crippen molar-refractivity contribution in [2.75, 3.05) is 18.0 Å². The van der Waals surface area contributed by atoms with E-state index in [1.54, 1.807) is 30.3 Å². The smallest absolute Gasteiger partial charge is 0.196 e. The summed E-state index contributed by atoms with van der Waals surface area (Å²) in [7, 11) is 0. The number of carbonyl (C=O) groups excluding carboxylic acids is 1. The van der Waals surface area contributed by atoms with Crippen LogP contribution in [0.5, 0.6) is 0 Å². The Morgan fingerprint density at radius 3 is 2.64 bits per heavy atom. The Kier molecular flexibility index (Phi) is 7.42. The number of nitrogens with two attached hydrogens (primary N) is 1. The second-order valence-corrected chi connectivity index (χ2v) is 9.08. The third kappa shape index (κ3) is 6.21. The van der Waals surface area contributed by atoms with E-state index >= 15 is 0 Å². The fourth-order valence-corrected chi connectivity index (χ4v) is 4.23. The second kappa shape index (κ2) is 10.6. The standard InChI is InChI=1S/C25H24ClN5OS/c1-2-5-22(27)28-23-16-24(31-12-4-13-31)30-25(29-23)33-20-10-8-17(9-11-20)14-21(32)18-6-3-7-19(26)15-18/h2-3,5-11,15-16H,4,12-14H2,1H3,(H2,27,28,29,30). The number of rotatable bonds is 8. The lowest BCUT2D eigenvalue weighted by Gasteiger charge is -2.32. The number of ketones is 1. The Hall–Kier alpha value is -3.16. The normalized spacial score (nSPS) is 13.9. The molecule has 0 atom stereocenters. The van der Waals surface area contributed by atoms with E-state index in [-0.39, 0.29) is 5.78 Å². The Morgan fingerprint density at radius 1 is 1.18 bits per heavy atom. The number of hydrogen-bond donors (Lipinski definition) is 1. The Bertz CT molecular complexity index is 1210. The van der Waals surface area contributed by atoms with Crippen molar-refractivity contribution in [3.8, 4) is 0 Å². The molecule has 1 aliphatic rings. The molecule has 0 aliphatic carbocycles. The minimum absolute atomic E-state index is 0.0321. The van der Waals surface area contributed by atoms with Crippen LogP contribution in [-0.4, -0.2) is 34.7 Å². The van der Waals surface area contributed by atoms with E-state index in [9.17, 15) is 4.79 Å². The van der Waals surface area contributed by atoms with Gasteiger partial charge in [0.1, 0.15) is 11.7 Å². The van der Waals surface area contributed by atoms with Crippen LogP contribution in [0.4, 0.5) is 11.6 Å². The van der Waals surface area contributed by atoms with Gasteiger partial charge in [0.2, 0.25) is 0 Å². The maximum Gasteiger partial charge on any atom is 0.196 e. The number of aliphatic imine (C=N–C) groups is 1. The Balaban J connectivity index is 1.50. The number of aromatic nitrogens is 2. The van der Waals surface area contributed by atoms with Crippen molar-refractivity contribution in [2.45, 2.75) is 29.8 Å². The first-order valence-corrected chi connectivity index (χ1v) is 11.9. The molecule has 168 valence electrons. The maximum absolute atomic E-state index is 12.5. The van der Waals surface area contributed by atoms with E-state index in [1.807, 2.05) is 43.3 Å². The summed E-state index contributed by atoms with van der Waals surface area (Å²) < 4.78 is 0. The van der Waals surface area contributed by atoms with Gasteiger partial charge in [-0.2, -0.15) is 0 Å². The van der Waals surface area contributed by atoms with Crippen molar-refractivity contribution in [1.82, 2.24) is 9.97 Å². The second-order valence-electron chi connectivity index (χ2n) is 7.60. The first-order chi connectivity index (χ1) is 16.0. The highest BCUT2D eigenvalue weighted by atomic mass is 35.5. The number of halogens is 1. The molecule has 4 rings (SSSR count). The summed E-state index contributed by atoms with van der Waals surface area (Å²) in [5.41, 5.74) is 7.49. The van der Waals surface area contributed by atoms with Crippen molar-refractivity contribution in [1.29, 1.82) is 0 Å². The number of hydrogen-bond acceptors (Lipinski definition) is 6. The van der Waals surface area contributed by atoms with Crippen LogP contribution in [0, 0.1) is 0 Å². The van der Waals surface area contributed by atoms with Crippen LogP contribution in [0.3, 0.4) is 0 Å². The Labute approximate surface area is 202 Å². The van der Waals surface area contributed by atoms with Gasteiger partial charge in [-0.25, -0.2) is 15.0 Å². The third-order valence-corrected chi connectivity index (χ3v) is 6.19. The molecular weight excluding hydrogens is 454 g/mol. The zero-order valence-corrected chi connectivity index (χ0v) is 19.8. The zero-order chi connectivity index (χ0) is 23.2. The molecule has 0 radical (unpaired) electrons. The lowest BCUT2D eigenvalue weighted by molar-refractivity contribution is 0.0993. The topological polar surface area (TPSA) is 84.5 Å². The van der Waals surface area contributed by atoms with Crippen LogP contribution in [-0.2, 0) is 6.42 Å². The minimum Gasteiger partial charge on any atom is -0.384 e. The largest absolute Gasteiger partial charge is 0.384 e.